The molecular weight excluding hydrogens is 340 g/mol. The van der Waals surface area contributed by atoms with Crippen LogP contribution < -0.4 is 0 Å². The van der Waals surface area contributed by atoms with E-state index in [0.717, 1.165) is 5.39 Å². The molecule has 1 unspecified atom stereocenters. The van der Waals surface area contributed by atoms with E-state index in [1.54, 1.807) is 30.3 Å². The first-order valence-electron chi connectivity index (χ1n) is 7.87. The lowest BCUT2D eigenvalue weighted by molar-refractivity contribution is 0.0944. The predicted octanol–water partition coefficient (Wildman–Crippen LogP) is 3.43. The van der Waals surface area contributed by atoms with Crippen molar-refractivity contribution in [2.45, 2.75) is 23.0 Å². The highest BCUT2D eigenvalue weighted by Gasteiger charge is 2.43. The third-order valence-corrected chi connectivity index (χ3v) is 6.63. The Balaban J connectivity index is 1.55. The molecule has 1 aromatic heterocycles. The molecule has 0 bridgehead atoms. The van der Waals surface area contributed by atoms with Crippen molar-refractivity contribution in [1.82, 2.24) is 0 Å². The maximum absolute atomic E-state index is 12.5. The Kier molecular flexibility index (Phi) is 3.58. The quantitative estimate of drug-likeness (QED) is 0.671. The number of hydrogen-bond acceptors (Lipinski definition) is 5. The minimum absolute atomic E-state index is 0.0499. The largest absolute Gasteiger partial charge is 0.453 e. The maximum atomic E-state index is 12.5. The van der Waals surface area contributed by atoms with E-state index in [9.17, 15) is 18.0 Å². The molecule has 0 N–H and O–H groups in total. The van der Waals surface area contributed by atoms with Crippen LogP contribution in [0.1, 0.15) is 33.8 Å². The molecule has 3 aromatic rings. The highest BCUT2D eigenvalue weighted by Crippen LogP contribution is 2.33. The van der Waals surface area contributed by atoms with E-state index in [1.165, 1.54) is 12.1 Å². The first-order valence-corrected chi connectivity index (χ1v) is 9.42. The summed E-state index contributed by atoms with van der Waals surface area (Å²) >= 11 is 0. The third kappa shape index (κ3) is 2.49. The zero-order valence-electron chi connectivity index (χ0n) is 13.1. The zero-order chi connectivity index (χ0) is 17.6. The van der Waals surface area contributed by atoms with Gasteiger partial charge < -0.3 is 4.42 Å². The van der Waals surface area contributed by atoms with Crippen molar-refractivity contribution < 1.29 is 22.4 Å². The van der Waals surface area contributed by atoms with E-state index in [4.69, 9.17) is 4.42 Å². The van der Waals surface area contributed by atoms with E-state index in [-0.39, 0.29) is 34.8 Å². The van der Waals surface area contributed by atoms with Gasteiger partial charge in [0.1, 0.15) is 10.8 Å². The van der Waals surface area contributed by atoms with Gasteiger partial charge in [0.15, 0.2) is 27.2 Å². The van der Waals surface area contributed by atoms with Crippen LogP contribution in [0.2, 0.25) is 0 Å². The van der Waals surface area contributed by atoms with Crippen molar-refractivity contribution in [3.8, 4) is 0 Å². The fourth-order valence-corrected chi connectivity index (χ4v) is 5.06. The molecule has 126 valence electrons. The van der Waals surface area contributed by atoms with Gasteiger partial charge in [-0.05, 0) is 24.6 Å². The van der Waals surface area contributed by atoms with E-state index in [0.29, 0.717) is 5.58 Å². The van der Waals surface area contributed by atoms with Crippen LogP contribution in [-0.4, -0.2) is 25.2 Å². The summed E-state index contributed by atoms with van der Waals surface area (Å²) < 4.78 is 30.6. The van der Waals surface area contributed by atoms with Crippen LogP contribution in [-0.2, 0) is 9.84 Å². The van der Waals surface area contributed by atoms with Crippen molar-refractivity contribution in [3.63, 3.8) is 0 Å². The molecule has 1 aliphatic heterocycles. The summed E-state index contributed by atoms with van der Waals surface area (Å²) in [4.78, 5) is 24.8. The number of carbonyl (C=O) groups is 2. The Morgan fingerprint density at radius 3 is 2.52 bits per heavy atom. The van der Waals surface area contributed by atoms with E-state index in [2.05, 4.69) is 0 Å². The number of sulfone groups is 1. The smallest absolute Gasteiger partial charge is 0.198 e. The number of rotatable bonds is 4. The highest BCUT2D eigenvalue weighted by molar-refractivity contribution is 7.93. The molecule has 2 aromatic carbocycles. The molecule has 0 saturated heterocycles. The van der Waals surface area contributed by atoms with Crippen molar-refractivity contribution >= 4 is 32.4 Å². The molecule has 0 aliphatic carbocycles. The average Bonchev–Trinajstić information content (AvgIpc) is 3.12. The second-order valence-electron chi connectivity index (χ2n) is 6.00. The van der Waals surface area contributed by atoms with Gasteiger partial charge in [-0.1, -0.05) is 36.4 Å². The van der Waals surface area contributed by atoms with Crippen LogP contribution in [0.4, 0.5) is 0 Å². The summed E-state index contributed by atoms with van der Waals surface area (Å²) in [7, 11) is -3.73. The fraction of sp³-hybridized carbons (Fsp3) is 0.158. The minimum Gasteiger partial charge on any atom is -0.453 e. The molecule has 1 aliphatic rings. The number of fused-ring (bicyclic) bond motifs is 2. The third-order valence-electron chi connectivity index (χ3n) is 4.46. The number of benzene rings is 2. The van der Waals surface area contributed by atoms with Crippen LogP contribution in [0.3, 0.4) is 0 Å². The zero-order valence-corrected chi connectivity index (χ0v) is 14.0. The SMILES string of the molecule is O=C(CCC1C(=O)c2ccccc2S1(=O)=O)c1cc2ccccc2o1. The van der Waals surface area contributed by atoms with Crippen LogP contribution >= 0.6 is 0 Å². The van der Waals surface area contributed by atoms with Gasteiger partial charge in [0.2, 0.25) is 0 Å². The second kappa shape index (κ2) is 5.67. The lowest BCUT2D eigenvalue weighted by atomic mass is 10.0. The molecule has 0 radical (unpaired) electrons. The Labute approximate surface area is 144 Å². The summed E-state index contributed by atoms with van der Waals surface area (Å²) in [6.07, 6.45) is -0.116. The highest BCUT2D eigenvalue weighted by atomic mass is 32.2. The monoisotopic (exact) mass is 354 g/mol. The molecule has 6 heteroatoms. The van der Waals surface area contributed by atoms with E-state index in [1.807, 2.05) is 12.1 Å². The Hall–Kier alpha value is -2.73. The first-order chi connectivity index (χ1) is 12.0. The lowest BCUT2D eigenvalue weighted by Gasteiger charge is -2.06. The Bertz CT molecular complexity index is 1070. The second-order valence-corrected chi connectivity index (χ2v) is 8.10. The van der Waals surface area contributed by atoms with Gasteiger partial charge in [0.05, 0.1) is 4.90 Å². The van der Waals surface area contributed by atoms with Crippen LogP contribution in [0, 0.1) is 0 Å². The molecule has 0 amide bonds. The van der Waals surface area contributed by atoms with Crippen LogP contribution in [0.15, 0.2) is 63.9 Å². The molecule has 0 saturated carbocycles. The van der Waals surface area contributed by atoms with Gasteiger partial charge in [-0.25, -0.2) is 8.42 Å². The van der Waals surface area contributed by atoms with Crippen LogP contribution in [0.25, 0.3) is 11.0 Å². The van der Waals surface area contributed by atoms with Crippen LogP contribution in [0.5, 0.6) is 0 Å². The maximum Gasteiger partial charge on any atom is 0.198 e. The number of furan rings is 1. The Morgan fingerprint density at radius 1 is 1.04 bits per heavy atom. The van der Waals surface area contributed by atoms with Crippen molar-refractivity contribution in [3.05, 3.63) is 65.9 Å². The Morgan fingerprint density at radius 2 is 1.76 bits per heavy atom. The number of ketones is 2. The van der Waals surface area contributed by atoms with Crippen molar-refractivity contribution in [2.75, 3.05) is 0 Å². The topological polar surface area (TPSA) is 81.4 Å². The standard InChI is InChI=1S/C19H14O5S/c20-14(16-11-12-5-1-3-7-15(12)24-16)9-10-18-19(21)13-6-2-4-8-17(13)25(18,22)23/h1-8,11,18H,9-10H2. The summed E-state index contributed by atoms with van der Waals surface area (Å²) in [6, 6.07) is 15.0. The summed E-state index contributed by atoms with van der Waals surface area (Å²) in [5, 5.41) is -0.388. The fourth-order valence-electron chi connectivity index (χ4n) is 3.18. The molecule has 25 heavy (non-hydrogen) atoms. The number of hydrogen-bond donors (Lipinski definition) is 0. The number of para-hydroxylation sites is 1. The predicted molar refractivity (Wildman–Crippen MR) is 91.5 cm³/mol. The summed E-state index contributed by atoms with van der Waals surface area (Å²) in [5.41, 5.74) is 0.812. The van der Waals surface area contributed by atoms with Gasteiger partial charge >= 0.3 is 0 Å². The summed E-state index contributed by atoms with van der Waals surface area (Å²) in [5.74, 6) is -0.565. The summed E-state index contributed by atoms with van der Waals surface area (Å²) in [6.45, 7) is 0. The lowest BCUT2D eigenvalue weighted by Crippen LogP contribution is -2.23. The van der Waals surface area contributed by atoms with Crippen molar-refractivity contribution in [1.29, 1.82) is 0 Å². The molecule has 5 nitrogen and oxygen atoms in total. The molecular formula is C19H14O5S. The molecule has 2 heterocycles. The minimum atomic E-state index is -3.73. The number of Topliss-reactive ketones (excluding diaryl/α,β-unsaturated/α-hetero) is 2. The molecule has 0 fully saturated rings. The molecule has 1 atom stereocenters. The molecule has 0 spiro atoms. The van der Waals surface area contributed by atoms with E-state index >= 15 is 0 Å². The van der Waals surface area contributed by atoms with Gasteiger partial charge in [-0.15, -0.1) is 0 Å². The van der Waals surface area contributed by atoms with Gasteiger partial charge in [0, 0.05) is 17.4 Å². The van der Waals surface area contributed by atoms with Gasteiger partial charge in [-0.2, -0.15) is 0 Å². The van der Waals surface area contributed by atoms with E-state index < -0.39 is 20.9 Å². The van der Waals surface area contributed by atoms with Gasteiger partial charge in [-0.3, -0.25) is 9.59 Å². The van der Waals surface area contributed by atoms with Gasteiger partial charge in [0.25, 0.3) is 0 Å². The van der Waals surface area contributed by atoms with Crippen molar-refractivity contribution in [2.24, 2.45) is 0 Å². The number of carbonyl (C=O) groups excluding carboxylic acids is 2. The average molecular weight is 354 g/mol. The normalized spacial score (nSPS) is 18.4. The molecule has 4 rings (SSSR count). The first kappa shape index (κ1) is 15.8.